The quantitative estimate of drug-likeness (QED) is 0.707. The molecule has 0 radical (unpaired) electrons. The number of aromatic nitrogens is 2. The molecule has 2 aromatic carbocycles. The van der Waals surface area contributed by atoms with Crippen molar-refractivity contribution in [3.8, 4) is 5.69 Å². The molecule has 0 unspecified atom stereocenters. The van der Waals surface area contributed by atoms with E-state index in [1.54, 1.807) is 6.92 Å². The fourth-order valence-electron chi connectivity index (χ4n) is 3.01. The Morgan fingerprint density at radius 2 is 1.64 bits per heavy atom. The van der Waals surface area contributed by atoms with E-state index in [9.17, 15) is 18.8 Å². The van der Waals surface area contributed by atoms with Crippen LogP contribution in [-0.2, 0) is 11.3 Å². The zero-order chi connectivity index (χ0) is 20.4. The van der Waals surface area contributed by atoms with Crippen LogP contribution in [0.15, 0.2) is 58.4 Å². The molecule has 0 saturated heterocycles. The molecule has 0 fully saturated rings. The number of hydrogen-bond acceptors (Lipinski definition) is 3. The van der Waals surface area contributed by atoms with Gasteiger partial charge in [0.2, 0.25) is 5.91 Å². The van der Waals surface area contributed by atoms with Gasteiger partial charge in [0.05, 0.1) is 5.69 Å². The normalized spacial score (nSPS) is 10.7. The van der Waals surface area contributed by atoms with Crippen LogP contribution in [0.4, 0.5) is 10.1 Å². The highest BCUT2D eigenvalue weighted by atomic mass is 19.1. The number of para-hydroxylation sites is 1. The van der Waals surface area contributed by atoms with E-state index in [1.807, 2.05) is 32.0 Å². The number of rotatable bonds is 4. The minimum Gasteiger partial charge on any atom is -0.324 e. The number of benzene rings is 2. The summed E-state index contributed by atoms with van der Waals surface area (Å²) in [5.41, 5.74) is 1.71. The molecule has 7 heteroatoms. The molecule has 1 aromatic heterocycles. The van der Waals surface area contributed by atoms with Gasteiger partial charge in [-0.25, -0.2) is 4.39 Å². The van der Waals surface area contributed by atoms with E-state index in [-0.39, 0.29) is 12.2 Å². The molecule has 1 N–H and O–H groups in total. The van der Waals surface area contributed by atoms with E-state index in [2.05, 4.69) is 5.32 Å². The van der Waals surface area contributed by atoms with Crippen LogP contribution in [0.5, 0.6) is 0 Å². The standard InChI is InChI=1S/C21H20FN3O3/c1-13-7-8-16(22)11-17(13)25-10-9-24(20(27)21(25)28)12-18(26)23-19-14(2)5-4-6-15(19)3/h4-11H,12H2,1-3H3,(H,23,26). The number of carbonyl (C=O) groups is 1. The smallest absolute Gasteiger partial charge is 0.320 e. The molecule has 6 nitrogen and oxygen atoms in total. The molecule has 0 saturated carbocycles. The van der Waals surface area contributed by atoms with Gasteiger partial charge >= 0.3 is 11.1 Å². The Labute approximate surface area is 160 Å². The molecular weight excluding hydrogens is 361 g/mol. The zero-order valence-electron chi connectivity index (χ0n) is 15.8. The first-order chi connectivity index (χ1) is 13.3. The monoisotopic (exact) mass is 381 g/mol. The number of anilines is 1. The Balaban J connectivity index is 1.89. The number of hydrogen-bond donors (Lipinski definition) is 1. The van der Waals surface area contributed by atoms with E-state index in [1.165, 1.54) is 30.6 Å². The summed E-state index contributed by atoms with van der Waals surface area (Å²) in [7, 11) is 0. The fourth-order valence-corrected chi connectivity index (χ4v) is 3.01. The molecule has 0 aliphatic carbocycles. The van der Waals surface area contributed by atoms with E-state index in [0.717, 1.165) is 20.3 Å². The minimum atomic E-state index is -0.859. The van der Waals surface area contributed by atoms with Crippen molar-refractivity contribution in [3.05, 3.63) is 92.0 Å². The van der Waals surface area contributed by atoms with Crippen molar-refractivity contribution < 1.29 is 9.18 Å². The maximum absolute atomic E-state index is 13.5. The molecule has 1 amide bonds. The second kappa shape index (κ2) is 7.64. The lowest BCUT2D eigenvalue weighted by molar-refractivity contribution is -0.116. The van der Waals surface area contributed by atoms with Crippen molar-refractivity contribution in [2.75, 3.05) is 5.32 Å². The van der Waals surface area contributed by atoms with Crippen molar-refractivity contribution in [2.24, 2.45) is 0 Å². The van der Waals surface area contributed by atoms with Gasteiger partial charge in [-0.2, -0.15) is 0 Å². The SMILES string of the molecule is Cc1ccc(F)cc1-n1ccn(CC(=O)Nc2c(C)cccc2C)c(=O)c1=O. The molecule has 0 bridgehead atoms. The molecule has 0 aliphatic heterocycles. The Morgan fingerprint density at radius 3 is 2.32 bits per heavy atom. The van der Waals surface area contributed by atoms with Gasteiger partial charge in [-0.05, 0) is 49.6 Å². The first kappa shape index (κ1) is 19.3. The van der Waals surface area contributed by atoms with Gasteiger partial charge in [-0.1, -0.05) is 24.3 Å². The molecule has 3 aromatic rings. The van der Waals surface area contributed by atoms with Crippen molar-refractivity contribution in [2.45, 2.75) is 27.3 Å². The van der Waals surface area contributed by atoms with Gasteiger partial charge in [0.1, 0.15) is 12.4 Å². The molecule has 1 heterocycles. The molecule has 0 aliphatic rings. The van der Waals surface area contributed by atoms with E-state index in [4.69, 9.17) is 0 Å². The van der Waals surface area contributed by atoms with Crippen molar-refractivity contribution in [1.82, 2.24) is 9.13 Å². The topological polar surface area (TPSA) is 73.1 Å². The predicted molar refractivity (Wildman–Crippen MR) is 106 cm³/mol. The van der Waals surface area contributed by atoms with E-state index < -0.39 is 22.8 Å². The van der Waals surface area contributed by atoms with Crippen LogP contribution in [0.1, 0.15) is 16.7 Å². The van der Waals surface area contributed by atoms with E-state index in [0.29, 0.717) is 11.3 Å². The second-order valence-corrected chi connectivity index (χ2v) is 6.65. The summed E-state index contributed by atoms with van der Waals surface area (Å²) in [5, 5.41) is 2.78. The lowest BCUT2D eigenvalue weighted by Crippen LogP contribution is -2.41. The minimum absolute atomic E-state index is 0.286. The molecule has 0 spiro atoms. The summed E-state index contributed by atoms with van der Waals surface area (Å²) in [6.07, 6.45) is 2.70. The van der Waals surface area contributed by atoms with Crippen LogP contribution in [0.2, 0.25) is 0 Å². The van der Waals surface area contributed by atoms with E-state index >= 15 is 0 Å². The first-order valence-electron chi connectivity index (χ1n) is 8.72. The number of nitrogens with one attached hydrogen (secondary N) is 1. The Morgan fingerprint density at radius 1 is 0.964 bits per heavy atom. The van der Waals surface area contributed by atoms with Gasteiger partial charge in [0.15, 0.2) is 0 Å². The number of aryl methyl sites for hydroxylation is 3. The molecule has 3 rings (SSSR count). The summed E-state index contributed by atoms with van der Waals surface area (Å²) in [4.78, 5) is 37.3. The Bertz CT molecular complexity index is 1160. The summed E-state index contributed by atoms with van der Waals surface area (Å²) in [5.74, 6) is -0.928. The highest BCUT2D eigenvalue weighted by Crippen LogP contribution is 2.19. The van der Waals surface area contributed by atoms with Crippen LogP contribution in [0.25, 0.3) is 5.69 Å². The lowest BCUT2D eigenvalue weighted by atomic mass is 10.1. The van der Waals surface area contributed by atoms with Crippen LogP contribution in [0.3, 0.4) is 0 Å². The maximum atomic E-state index is 13.5. The van der Waals surface area contributed by atoms with Gasteiger partial charge in [0, 0.05) is 18.1 Å². The third-order valence-corrected chi connectivity index (χ3v) is 4.55. The number of halogens is 1. The average Bonchev–Trinajstić information content (AvgIpc) is 2.65. The van der Waals surface area contributed by atoms with Gasteiger partial charge in [-0.15, -0.1) is 0 Å². The second-order valence-electron chi connectivity index (χ2n) is 6.65. The van der Waals surface area contributed by atoms with Crippen LogP contribution < -0.4 is 16.4 Å². The highest BCUT2D eigenvalue weighted by molar-refractivity contribution is 5.92. The number of carbonyl (C=O) groups excluding carboxylic acids is 1. The predicted octanol–water partition coefficient (Wildman–Crippen LogP) is 2.70. The highest BCUT2D eigenvalue weighted by Gasteiger charge is 2.13. The molecule has 144 valence electrons. The Kier molecular flexibility index (Phi) is 5.26. The van der Waals surface area contributed by atoms with Crippen molar-refractivity contribution in [1.29, 1.82) is 0 Å². The summed E-state index contributed by atoms with van der Waals surface area (Å²) in [6.45, 7) is 5.16. The van der Waals surface area contributed by atoms with Crippen molar-refractivity contribution >= 4 is 11.6 Å². The van der Waals surface area contributed by atoms with Gasteiger partial charge < -0.3 is 5.32 Å². The third kappa shape index (κ3) is 3.78. The largest absolute Gasteiger partial charge is 0.324 e. The number of nitrogens with zero attached hydrogens (tertiary/aromatic N) is 2. The summed E-state index contributed by atoms with van der Waals surface area (Å²) >= 11 is 0. The van der Waals surface area contributed by atoms with Crippen LogP contribution >= 0.6 is 0 Å². The third-order valence-electron chi connectivity index (χ3n) is 4.55. The Hall–Kier alpha value is -3.48. The molecule has 28 heavy (non-hydrogen) atoms. The average molecular weight is 381 g/mol. The number of amides is 1. The summed E-state index contributed by atoms with van der Waals surface area (Å²) in [6, 6.07) is 9.63. The zero-order valence-corrected chi connectivity index (χ0v) is 15.8. The lowest BCUT2D eigenvalue weighted by Gasteiger charge is -2.13. The molecule has 0 atom stereocenters. The van der Waals surface area contributed by atoms with Crippen LogP contribution in [0, 0.1) is 26.6 Å². The van der Waals surface area contributed by atoms with Crippen LogP contribution in [-0.4, -0.2) is 15.0 Å². The van der Waals surface area contributed by atoms with Gasteiger partial charge in [-0.3, -0.25) is 23.5 Å². The fraction of sp³-hybridized carbons (Fsp3) is 0.190. The summed E-state index contributed by atoms with van der Waals surface area (Å²) < 4.78 is 15.7. The maximum Gasteiger partial charge on any atom is 0.320 e. The first-order valence-corrected chi connectivity index (χ1v) is 8.72. The van der Waals surface area contributed by atoms with Gasteiger partial charge in [0.25, 0.3) is 0 Å². The van der Waals surface area contributed by atoms with Crippen molar-refractivity contribution in [3.63, 3.8) is 0 Å². The molecular formula is C21H20FN3O3.